The van der Waals surface area contributed by atoms with E-state index in [9.17, 15) is 23.5 Å². The van der Waals surface area contributed by atoms with E-state index in [-0.39, 0.29) is 6.42 Å². The lowest BCUT2D eigenvalue weighted by atomic mass is 9.98. The summed E-state index contributed by atoms with van der Waals surface area (Å²) in [6, 6.07) is 3.18. The van der Waals surface area contributed by atoms with Gasteiger partial charge in [-0.2, -0.15) is 11.8 Å². The summed E-state index contributed by atoms with van der Waals surface area (Å²) < 4.78 is 25.8. The lowest BCUT2D eigenvalue weighted by Gasteiger charge is -2.24. The van der Waals surface area contributed by atoms with Crippen LogP contribution in [0.5, 0.6) is 0 Å². The van der Waals surface area contributed by atoms with Crippen LogP contribution in [0.1, 0.15) is 12.0 Å². The van der Waals surface area contributed by atoms with Crippen molar-refractivity contribution in [3.63, 3.8) is 0 Å². The first-order valence-corrected chi connectivity index (χ1v) is 7.14. The second-order valence-electron chi connectivity index (χ2n) is 4.66. The average molecular weight is 301 g/mol. The number of halogens is 2. The largest absolute Gasteiger partial charge is 0.479 e. The Hall–Kier alpha value is -1.63. The van der Waals surface area contributed by atoms with Gasteiger partial charge in [0, 0.05) is 5.75 Å². The van der Waals surface area contributed by atoms with E-state index in [0.29, 0.717) is 23.5 Å². The molecule has 0 spiro atoms. The monoisotopic (exact) mass is 301 g/mol. The molecule has 0 bridgehead atoms. The predicted octanol–water partition coefficient (Wildman–Crippen LogP) is 1.58. The molecular weight excluding hydrogens is 288 g/mol. The number of hydrogen-bond acceptors (Lipinski definition) is 3. The van der Waals surface area contributed by atoms with Crippen LogP contribution in [0.4, 0.5) is 8.78 Å². The Morgan fingerprint density at radius 2 is 2.10 bits per heavy atom. The van der Waals surface area contributed by atoms with Crippen LogP contribution in [0.3, 0.4) is 0 Å². The summed E-state index contributed by atoms with van der Waals surface area (Å²) in [5, 5.41) is 11.7. The Morgan fingerprint density at radius 3 is 2.65 bits per heavy atom. The zero-order valence-electron chi connectivity index (χ0n) is 10.5. The zero-order valence-corrected chi connectivity index (χ0v) is 11.3. The maximum Gasteiger partial charge on any atom is 0.330 e. The number of carbonyl (C=O) groups is 2. The van der Waals surface area contributed by atoms with Gasteiger partial charge in [0.2, 0.25) is 5.91 Å². The summed E-state index contributed by atoms with van der Waals surface area (Å²) >= 11 is 1.46. The second kappa shape index (κ2) is 5.78. The van der Waals surface area contributed by atoms with E-state index < -0.39 is 29.0 Å². The minimum Gasteiger partial charge on any atom is -0.479 e. The molecule has 1 aliphatic heterocycles. The van der Waals surface area contributed by atoms with Gasteiger partial charge in [0.1, 0.15) is 5.54 Å². The molecule has 2 N–H and O–H groups in total. The Labute approximate surface area is 118 Å². The molecule has 0 saturated carbocycles. The SMILES string of the molecule is O=C(Cc1ccc(F)c(F)c1)NC1(C(=O)O)CCSC1. The Morgan fingerprint density at radius 1 is 1.35 bits per heavy atom. The number of aliphatic carboxylic acids is 1. The molecule has 20 heavy (non-hydrogen) atoms. The quantitative estimate of drug-likeness (QED) is 0.886. The van der Waals surface area contributed by atoms with Crippen LogP contribution < -0.4 is 5.32 Å². The molecule has 1 unspecified atom stereocenters. The van der Waals surface area contributed by atoms with E-state index in [1.54, 1.807) is 0 Å². The molecule has 1 aromatic carbocycles. The van der Waals surface area contributed by atoms with Gasteiger partial charge >= 0.3 is 5.97 Å². The van der Waals surface area contributed by atoms with Crippen molar-refractivity contribution in [3.8, 4) is 0 Å². The summed E-state index contributed by atoms with van der Waals surface area (Å²) in [5.41, 5.74) is -0.951. The first-order valence-electron chi connectivity index (χ1n) is 5.99. The van der Waals surface area contributed by atoms with Crippen molar-refractivity contribution in [2.45, 2.75) is 18.4 Å². The highest BCUT2D eigenvalue weighted by Gasteiger charge is 2.43. The second-order valence-corrected chi connectivity index (χ2v) is 5.77. The van der Waals surface area contributed by atoms with Gasteiger partial charge in [0.15, 0.2) is 11.6 Å². The number of carboxylic acid groups (broad SMARTS) is 1. The van der Waals surface area contributed by atoms with Crippen molar-refractivity contribution < 1.29 is 23.5 Å². The smallest absolute Gasteiger partial charge is 0.330 e. The van der Waals surface area contributed by atoms with Gasteiger partial charge in [-0.1, -0.05) is 6.07 Å². The third-order valence-electron chi connectivity index (χ3n) is 3.16. The minimum absolute atomic E-state index is 0.184. The molecule has 0 aromatic heterocycles. The van der Waals surface area contributed by atoms with Gasteiger partial charge in [-0.25, -0.2) is 13.6 Å². The summed E-state index contributed by atoms with van der Waals surface area (Å²) in [6.07, 6.45) is 0.174. The van der Waals surface area contributed by atoms with E-state index in [0.717, 1.165) is 12.1 Å². The molecule has 108 valence electrons. The van der Waals surface area contributed by atoms with Gasteiger partial charge < -0.3 is 10.4 Å². The Kier molecular flexibility index (Phi) is 4.27. The fraction of sp³-hybridized carbons (Fsp3) is 0.385. The Balaban J connectivity index is 2.04. The van der Waals surface area contributed by atoms with Crippen LogP contribution in [0.15, 0.2) is 18.2 Å². The molecule has 1 fully saturated rings. The van der Waals surface area contributed by atoms with Crippen molar-refractivity contribution in [3.05, 3.63) is 35.4 Å². The summed E-state index contributed by atoms with van der Waals surface area (Å²) in [5.74, 6) is -2.62. The molecule has 1 saturated heterocycles. The van der Waals surface area contributed by atoms with Gasteiger partial charge in [-0.05, 0) is 29.9 Å². The fourth-order valence-corrected chi connectivity index (χ4v) is 3.36. The van der Waals surface area contributed by atoms with Crippen LogP contribution in [-0.4, -0.2) is 34.0 Å². The molecule has 1 atom stereocenters. The molecule has 1 aromatic rings. The first-order chi connectivity index (χ1) is 9.43. The normalized spacial score (nSPS) is 21.7. The van der Waals surface area contributed by atoms with Gasteiger partial charge in [-0.3, -0.25) is 4.79 Å². The number of thioether (sulfide) groups is 1. The van der Waals surface area contributed by atoms with Crippen molar-refractivity contribution in [1.82, 2.24) is 5.32 Å². The van der Waals surface area contributed by atoms with E-state index in [1.165, 1.54) is 17.8 Å². The average Bonchev–Trinajstić information content (AvgIpc) is 2.83. The minimum atomic E-state index is -1.25. The highest BCUT2D eigenvalue weighted by molar-refractivity contribution is 7.99. The van der Waals surface area contributed by atoms with E-state index in [2.05, 4.69) is 5.32 Å². The molecule has 1 aliphatic rings. The third-order valence-corrected chi connectivity index (χ3v) is 4.35. The van der Waals surface area contributed by atoms with Crippen LogP contribution >= 0.6 is 11.8 Å². The molecular formula is C13H13F2NO3S. The summed E-state index contributed by atoms with van der Waals surface area (Å²) in [7, 11) is 0. The number of carboxylic acids is 1. The Bertz CT molecular complexity index is 544. The van der Waals surface area contributed by atoms with Gasteiger partial charge in [0.05, 0.1) is 6.42 Å². The maximum atomic E-state index is 13.0. The molecule has 0 radical (unpaired) electrons. The molecule has 4 nitrogen and oxygen atoms in total. The standard InChI is InChI=1S/C13H13F2NO3S/c14-9-2-1-8(5-10(9)15)6-11(17)16-13(12(18)19)3-4-20-7-13/h1-2,5H,3-4,6-7H2,(H,16,17)(H,18,19). The zero-order chi connectivity index (χ0) is 14.8. The van der Waals surface area contributed by atoms with E-state index in [4.69, 9.17) is 0 Å². The molecule has 0 aliphatic carbocycles. The maximum absolute atomic E-state index is 13.0. The molecule has 1 amide bonds. The van der Waals surface area contributed by atoms with E-state index in [1.807, 2.05) is 0 Å². The highest BCUT2D eigenvalue weighted by Crippen LogP contribution is 2.28. The lowest BCUT2D eigenvalue weighted by Crippen LogP contribution is -2.55. The number of carbonyl (C=O) groups excluding carboxylic acids is 1. The van der Waals surface area contributed by atoms with Crippen molar-refractivity contribution >= 4 is 23.6 Å². The summed E-state index contributed by atoms with van der Waals surface area (Å²) in [6.45, 7) is 0. The third kappa shape index (κ3) is 3.09. The van der Waals surface area contributed by atoms with Crippen molar-refractivity contribution in [1.29, 1.82) is 0 Å². The fourth-order valence-electron chi connectivity index (χ4n) is 2.03. The van der Waals surface area contributed by atoms with Crippen molar-refractivity contribution in [2.24, 2.45) is 0 Å². The molecule has 1 heterocycles. The molecule has 2 rings (SSSR count). The lowest BCUT2D eigenvalue weighted by molar-refractivity contribution is -0.146. The number of rotatable bonds is 4. The van der Waals surface area contributed by atoms with Gasteiger partial charge in [-0.15, -0.1) is 0 Å². The number of nitrogens with one attached hydrogen (secondary N) is 1. The summed E-state index contributed by atoms with van der Waals surface area (Å²) in [4.78, 5) is 23.1. The van der Waals surface area contributed by atoms with Crippen LogP contribution in [0, 0.1) is 11.6 Å². The topological polar surface area (TPSA) is 66.4 Å². The highest BCUT2D eigenvalue weighted by atomic mass is 32.2. The first kappa shape index (κ1) is 14.8. The molecule has 7 heteroatoms. The van der Waals surface area contributed by atoms with E-state index >= 15 is 0 Å². The van der Waals surface area contributed by atoms with Crippen molar-refractivity contribution in [2.75, 3.05) is 11.5 Å². The van der Waals surface area contributed by atoms with Gasteiger partial charge in [0.25, 0.3) is 0 Å². The number of amides is 1. The number of hydrogen-bond donors (Lipinski definition) is 2. The van der Waals surface area contributed by atoms with Crippen LogP contribution in [0.2, 0.25) is 0 Å². The van der Waals surface area contributed by atoms with Crippen LogP contribution in [-0.2, 0) is 16.0 Å². The predicted molar refractivity (Wildman–Crippen MR) is 70.5 cm³/mol. The van der Waals surface area contributed by atoms with Crippen LogP contribution in [0.25, 0.3) is 0 Å². The number of benzene rings is 1.